The van der Waals surface area contributed by atoms with Crippen LogP contribution in [0.5, 0.6) is 5.75 Å². The molecule has 8 heteroatoms. The molecule has 0 aliphatic rings. The zero-order valence-corrected chi connectivity index (χ0v) is 19.4. The number of amides is 1. The molecule has 1 heterocycles. The highest BCUT2D eigenvalue weighted by atomic mass is 79.9. The number of carbonyl (C=O) groups is 1. The van der Waals surface area contributed by atoms with Gasteiger partial charge >= 0.3 is 0 Å². The number of nitrogens with zero attached hydrogens (tertiary/aromatic N) is 2. The van der Waals surface area contributed by atoms with E-state index >= 15 is 0 Å². The molecule has 156 valence electrons. The van der Waals surface area contributed by atoms with Gasteiger partial charge in [-0.2, -0.15) is 0 Å². The van der Waals surface area contributed by atoms with E-state index in [4.69, 9.17) is 16.3 Å². The van der Waals surface area contributed by atoms with Crippen LogP contribution < -0.4 is 10.1 Å². The van der Waals surface area contributed by atoms with Gasteiger partial charge in [0.2, 0.25) is 5.13 Å². The molecule has 1 N–H and O–H groups in total. The SMILES string of the molecule is O=C(COc1ccc(-c2ccccc2)cc1Br)Nc1nnc(Cc2ccc(Cl)cc2)s1. The van der Waals surface area contributed by atoms with E-state index in [1.165, 1.54) is 11.3 Å². The molecule has 0 spiro atoms. The Kier molecular flexibility index (Phi) is 6.96. The first-order valence-electron chi connectivity index (χ1n) is 9.41. The van der Waals surface area contributed by atoms with E-state index in [1.807, 2.05) is 72.8 Å². The summed E-state index contributed by atoms with van der Waals surface area (Å²) in [5, 5.41) is 12.8. The van der Waals surface area contributed by atoms with Gasteiger partial charge in [0, 0.05) is 11.4 Å². The van der Waals surface area contributed by atoms with E-state index in [-0.39, 0.29) is 12.5 Å². The van der Waals surface area contributed by atoms with Crippen LogP contribution in [-0.4, -0.2) is 22.7 Å². The quantitative estimate of drug-likeness (QED) is 0.317. The molecule has 0 fully saturated rings. The molecule has 0 bridgehead atoms. The second-order valence-corrected chi connectivity index (χ2v) is 9.01. The van der Waals surface area contributed by atoms with Crippen molar-refractivity contribution in [1.82, 2.24) is 10.2 Å². The van der Waals surface area contributed by atoms with E-state index < -0.39 is 0 Å². The first kappa shape index (κ1) is 21.5. The number of hydrogen-bond acceptors (Lipinski definition) is 5. The molecule has 0 atom stereocenters. The van der Waals surface area contributed by atoms with E-state index in [2.05, 4.69) is 31.4 Å². The predicted octanol–water partition coefficient (Wildman–Crippen LogP) is 6.23. The summed E-state index contributed by atoms with van der Waals surface area (Å²) in [6, 6.07) is 23.4. The first-order chi connectivity index (χ1) is 15.1. The number of benzene rings is 3. The van der Waals surface area contributed by atoms with Crippen LogP contribution in [0.4, 0.5) is 5.13 Å². The number of halogens is 2. The highest BCUT2D eigenvalue weighted by molar-refractivity contribution is 9.10. The highest BCUT2D eigenvalue weighted by Gasteiger charge is 2.11. The molecule has 0 saturated carbocycles. The van der Waals surface area contributed by atoms with E-state index in [0.29, 0.717) is 22.3 Å². The third-order valence-corrected chi connectivity index (χ3v) is 6.09. The van der Waals surface area contributed by atoms with Gasteiger partial charge in [-0.05, 0) is 56.9 Å². The maximum Gasteiger partial charge on any atom is 0.264 e. The van der Waals surface area contributed by atoms with Crippen molar-refractivity contribution in [2.45, 2.75) is 6.42 Å². The van der Waals surface area contributed by atoms with Crippen molar-refractivity contribution in [1.29, 1.82) is 0 Å². The summed E-state index contributed by atoms with van der Waals surface area (Å²) in [7, 11) is 0. The molecule has 1 aromatic heterocycles. The normalized spacial score (nSPS) is 10.6. The van der Waals surface area contributed by atoms with Crippen LogP contribution in [0.1, 0.15) is 10.6 Å². The van der Waals surface area contributed by atoms with Crippen molar-refractivity contribution >= 4 is 49.9 Å². The molecule has 0 saturated heterocycles. The molecule has 3 aromatic carbocycles. The molecule has 4 rings (SSSR count). The van der Waals surface area contributed by atoms with Crippen LogP contribution >= 0.6 is 38.9 Å². The van der Waals surface area contributed by atoms with Gasteiger partial charge in [0.25, 0.3) is 5.91 Å². The van der Waals surface area contributed by atoms with Crippen LogP contribution in [0.2, 0.25) is 5.02 Å². The fraction of sp³-hybridized carbons (Fsp3) is 0.0870. The zero-order chi connectivity index (χ0) is 21.6. The van der Waals surface area contributed by atoms with Gasteiger partial charge in [-0.25, -0.2) is 0 Å². The number of aromatic nitrogens is 2. The lowest BCUT2D eigenvalue weighted by Crippen LogP contribution is -2.20. The fourth-order valence-corrected chi connectivity index (χ4v) is 4.29. The van der Waals surface area contributed by atoms with Gasteiger partial charge in [-0.1, -0.05) is 71.5 Å². The molecule has 0 aliphatic heterocycles. The first-order valence-corrected chi connectivity index (χ1v) is 11.4. The summed E-state index contributed by atoms with van der Waals surface area (Å²) in [5.74, 6) is 0.295. The topological polar surface area (TPSA) is 64.1 Å². The third kappa shape index (κ3) is 5.91. The van der Waals surface area contributed by atoms with E-state index in [9.17, 15) is 4.79 Å². The fourth-order valence-electron chi connectivity index (χ4n) is 2.88. The molecular weight excluding hydrogens is 498 g/mol. The van der Waals surface area contributed by atoms with E-state index in [0.717, 1.165) is 26.2 Å². The molecular formula is C23H17BrClN3O2S. The number of ether oxygens (including phenoxy) is 1. The Morgan fingerprint density at radius 1 is 1.00 bits per heavy atom. The third-order valence-electron chi connectivity index (χ3n) is 4.38. The Morgan fingerprint density at radius 3 is 2.52 bits per heavy atom. The van der Waals surface area contributed by atoms with Gasteiger partial charge in [-0.3, -0.25) is 10.1 Å². The summed E-state index contributed by atoms with van der Waals surface area (Å²) >= 11 is 10.8. The van der Waals surface area contributed by atoms with Crippen molar-refractivity contribution in [2.75, 3.05) is 11.9 Å². The van der Waals surface area contributed by atoms with Crippen LogP contribution in [0.3, 0.4) is 0 Å². The number of hydrogen-bond donors (Lipinski definition) is 1. The molecule has 5 nitrogen and oxygen atoms in total. The van der Waals surface area contributed by atoms with Crippen molar-refractivity contribution in [3.63, 3.8) is 0 Å². The molecule has 0 aliphatic carbocycles. The van der Waals surface area contributed by atoms with Crippen molar-refractivity contribution < 1.29 is 9.53 Å². The minimum absolute atomic E-state index is 0.130. The van der Waals surface area contributed by atoms with Crippen LogP contribution in [0.15, 0.2) is 77.3 Å². The maximum atomic E-state index is 12.3. The molecule has 1 amide bonds. The molecule has 4 aromatic rings. The van der Waals surface area contributed by atoms with Crippen molar-refractivity contribution in [2.24, 2.45) is 0 Å². The predicted molar refractivity (Wildman–Crippen MR) is 128 cm³/mol. The average Bonchev–Trinajstić information content (AvgIpc) is 3.21. The summed E-state index contributed by atoms with van der Waals surface area (Å²) < 4.78 is 6.44. The monoisotopic (exact) mass is 513 g/mol. The summed E-state index contributed by atoms with van der Waals surface area (Å²) in [6.07, 6.45) is 0.627. The maximum absolute atomic E-state index is 12.3. The Morgan fingerprint density at radius 2 is 1.77 bits per heavy atom. The Balaban J connectivity index is 1.31. The summed E-state index contributed by atoms with van der Waals surface area (Å²) in [6.45, 7) is -0.130. The van der Waals surface area contributed by atoms with Gasteiger partial charge in [0.15, 0.2) is 6.61 Å². The van der Waals surface area contributed by atoms with Crippen molar-refractivity contribution in [3.8, 4) is 16.9 Å². The molecule has 0 unspecified atom stereocenters. The second-order valence-electron chi connectivity index (χ2n) is 6.65. The number of carbonyl (C=O) groups excluding carboxylic acids is 1. The zero-order valence-electron chi connectivity index (χ0n) is 16.2. The standard InChI is InChI=1S/C23H17BrClN3O2S/c24-19-13-17(16-4-2-1-3-5-16)8-11-20(19)30-14-21(29)26-23-28-27-22(31-23)12-15-6-9-18(25)10-7-15/h1-11,13H,12,14H2,(H,26,28,29). The van der Waals surface area contributed by atoms with Crippen molar-refractivity contribution in [3.05, 3.63) is 92.9 Å². The number of anilines is 1. The second kappa shape index (κ2) is 10.0. The Hall–Kier alpha value is -2.74. The van der Waals surface area contributed by atoms with E-state index in [1.54, 1.807) is 0 Å². The lowest BCUT2D eigenvalue weighted by Gasteiger charge is -2.09. The van der Waals surface area contributed by atoms with Gasteiger partial charge in [-0.15, -0.1) is 10.2 Å². The smallest absolute Gasteiger partial charge is 0.264 e. The molecule has 0 radical (unpaired) electrons. The minimum atomic E-state index is -0.298. The Labute approximate surface area is 197 Å². The number of nitrogens with one attached hydrogen (secondary N) is 1. The van der Waals surface area contributed by atoms with Gasteiger partial charge in [0.1, 0.15) is 10.8 Å². The van der Waals surface area contributed by atoms with Crippen LogP contribution in [0.25, 0.3) is 11.1 Å². The summed E-state index contributed by atoms with van der Waals surface area (Å²) in [5.41, 5.74) is 3.25. The Bertz CT molecular complexity index is 1180. The highest BCUT2D eigenvalue weighted by Crippen LogP contribution is 2.30. The number of rotatable bonds is 7. The van der Waals surface area contributed by atoms with Crippen LogP contribution in [0, 0.1) is 0 Å². The minimum Gasteiger partial charge on any atom is -0.483 e. The molecule has 31 heavy (non-hydrogen) atoms. The lowest BCUT2D eigenvalue weighted by molar-refractivity contribution is -0.118. The van der Waals surface area contributed by atoms with Crippen LogP contribution in [-0.2, 0) is 11.2 Å². The largest absolute Gasteiger partial charge is 0.483 e. The average molecular weight is 515 g/mol. The summed E-state index contributed by atoms with van der Waals surface area (Å²) in [4.78, 5) is 12.3. The van der Waals surface area contributed by atoms with Gasteiger partial charge in [0.05, 0.1) is 4.47 Å². The lowest BCUT2D eigenvalue weighted by atomic mass is 10.1. The van der Waals surface area contributed by atoms with Gasteiger partial charge < -0.3 is 4.74 Å².